The SMILES string of the molecule is O.O=P([O-])([O-])[O-].O=P([O-])([O-])[O-].O=P([O-])([O-])[O-].[Ca+2].[Ca+2].[Ca+2].[Ca+2].[Ca+2].[F-]. The quantitative estimate of drug-likeness (QED) is 0.212. The molecule has 0 radical (unpaired) electrons. The van der Waals surface area contributed by atoms with Gasteiger partial charge in [-0.2, -0.15) is 23.5 Å². The van der Waals surface area contributed by atoms with Crippen molar-refractivity contribution in [3.05, 3.63) is 0 Å². The maximum absolute atomic E-state index is 8.55. The molecule has 0 saturated carbocycles. The van der Waals surface area contributed by atoms with Crippen molar-refractivity contribution in [2.45, 2.75) is 0 Å². The summed E-state index contributed by atoms with van der Waals surface area (Å²) in [5.74, 6) is 0. The van der Waals surface area contributed by atoms with Crippen molar-refractivity contribution in [3.63, 3.8) is 0 Å². The number of phosphoric acid groups is 3. The van der Waals surface area contributed by atoms with E-state index < -0.39 is 23.5 Å². The molecular formula is H2Ca5FO13P3. The van der Waals surface area contributed by atoms with Crippen LogP contribution in [0, 0.1) is 0 Å². The van der Waals surface area contributed by atoms with Gasteiger partial charge in [0.2, 0.25) is 0 Å². The standard InChI is InChI=1S/5Ca.FH.3H3O4P.H2O/c;;;;;;3*1-5(2,3)4;/h;;;;;1H;3*(H3,1,2,3,4);1H2/q5*+2;;;;;/p-10. The molecule has 22 heteroatoms. The summed E-state index contributed by atoms with van der Waals surface area (Å²) in [5, 5.41) is 0. The largest absolute Gasteiger partial charge is 2.00 e. The van der Waals surface area contributed by atoms with Crippen molar-refractivity contribution < 1.29 is 67.9 Å². The van der Waals surface area contributed by atoms with E-state index in [0.29, 0.717) is 0 Å². The summed E-state index contributed by atoms with van der Waals surface area (Å²) in [6, 6.07) is 0. The molecular weight excluding hydrogens is 520 g/mol. The molecule has 13 nitrogen and oxygen atoms in total. The molecule has 0 amide bonds. The predicted molar refractivity (Wildman–Crippen MR) is 55.2 cm³/mol. The monoisotopic (exact) mass is 522 g/mol. The Morgan fingerprint density at radius 2 is 0.409 bits per heavy atom. The molecule has 2 N–H and O–H groups in total. The summed E-state index contributed by atoms with van der Waals surface area (Å²) in [6.07, 6.45) is 0. The summed E-state index contributed by atoms with van der Waals surface area (Å²) in [7, 11) is -16.2. The minimum absolute atomic E-state index is 0. The van der Waals surface area contributed by atoms with Crippen LogP contribution in [0.3, 0.4) is 0 Å². The second-order valence-electron chi connectivity index (χ2n) is 1.34. The number of halogens is 1. The van der Waals surface area contributed by atoms with Crippen molar-refractivity contribution in [2.75, 3.05) is 0 Å². The Morgan fingerprint density at radius 3 is 0.409 bits per heavy atom. The fourth-order valence-electron chi connectivity index (χ4n) is 0. The minimum atomic E-state index is -5.39. The van der Waals surface area contributed by atoms with Gasteiger partial charge < -0.3 is 67.9 Å². The average molecular weight is 522 g/mol. The zero-order valence-electron chi connectivity index (χ0n) is 10.7. The summed E-state index contributed by atoms with van der Waals surface area (Å²) < 4.78 is 25.6. The smallest absolute Gasteiger partial charge is 1.00 e. The third-order valence-electron chi connectivity index (χ3n) is 0. The number of rotatable bonds is 0. The van der Waals surface area contributed by atoms with E-state index in [2.05, 4.69) is 0 Å². The van der Waals surface area contributed by atoms with Crippen LogP contribution in [-0.2, 0) is 13.7 Å². The van der Waals surface area contributed by atoms with Gasteiger partial charge in [-0.05, 0) is 0 Å². The molecule has 0 unspecified atom stereocenters. The Balaban J connectivity index is -0.0000000106. The van der Waals surface area contributed by atoms with Gasteiger partial charge in [-0.25, -0.2) is 0 Å². The van der Waals surface area contributed by atoms with Crippen LogP contribution < -0.4 is 48.7 Å². The third-order valence-corrected chi connectivity index (χ3v) is 0. The Labute approximate surface area is 273 Å². The first-order valence-electron chi connectivity index (χ1n) is 2.19. The average Bonchev–Trinajstić information content (AvgIpc) is 1.41. The van der Waals surface area contributed by atoms with Gasteiger partial charge in [0.05, 0.1) is 0 Å². The van der Waals surface area contributed by atoms with Crippen molar-refractivity contribution in [1.82, 2.24) is 0 Å². The third kappa shape index (κ3) is 406. The van der Waals surface area contributed by atoms with Crippen LogP contribution in [-0.4, -0.2) is 194 Å². The van der Waals surface area contributed by atoms with Gasteiger partial charge in [-0.1, -0.05) is 0 Å². The van der Waals surface area contributed by atoms with E-state index in [1.54, 1.807) is 0 Å². The van der Waals surface area contributed by atoms with Crippen LogP contribution in [0.5, 0.6) is 0 Å². The van der Waals surface area contributed by atoms with E-state index in [-0.39, 0.29) is 199 Å². The fourth-order valence-corrected chi connectivity index (χ4v) is 0. The van der Waals surface area contributed by atoms with Crippen LogP contribution in [0.1, 0.15) is 0 Å². The normalized spacial score (nSPS) is 8.05. The molecule has 0 fully saturated rings. The first kappa shape index (κ1) is 63.0. The molecule has 0 aliphatic rings. The zero-order chi connectivity index (χ0) is 13.5. The number of hydrogen-bond acceptors (Lipinski definition) is 12. The number of hydrogen-bond donors (Lipinski definition) is 0. The Kier molecular flexibility index (Phi) is 92.1. The van der Waals surface area contributed by atoms with Crippen LogP contribution in [0.4, 0.5) is 0 Å². The molecule has 0 atom stereocenters. The minimum Gasteiger partial charge on any atom is -1.00 e. The molecule has 112 valence electrons. The molecule has 0 saturated heterocycles. The predicted octanol–water partition coefficient (Wildman–Crippen LogP) is -14.2. The molecule has 0 aliphatic carbocycles. The van der Waals surface area contributed by atoms with E-state index in [4.69, 9.17) is 57.7 Å². The summed E-state index contributed by atoms with van der Waals surface area (Å²) >= 11 is 0. The van der Waals surface area contributed by atoms with Crippen molar-refractivity contribution in [2.24, 2.45) is 0 Å². The molecule has 0 aromatic rings. The van der Waals surface area contributed by atoms with Gasteiger partial charge in [0, 0.05) is 0 Å². The van der Waals surface area contributed by atoms with Gasteiger partial charge in [-0.3, -0.25) is 0 Å². The Hall–Kier alpha value is 6.52. The maximum Gasteiger partial charge on any atom is 2.00 e. The van der Waals surface area contributed by atoms with E-state index in [1.165, 1.54) is 0 Å². The first-order chi connectivity index (χ1) is 6.00. The Morgan fingerprint density at radius 1 is 0.409 bits per heavy atom. The molecule has 0 spiro atoms. The van der Waals surface area contributed by atoms with E-state index in [1.807, 2.05) is 0 Å². The topological polar surface area (TPSA) is 290 Å². The van der Waals surface area contributed by atoms with Gasteiger partial charge in [0.1, 0.15) is 0 Å². The molecule has 0 rings (SSSR count). The molecule has 0 heterocycles. The molecule has 0 aliphatic heterocycles. The van der Waals surface area contributed by atoms with Crippen LogP contribution in [0.2, 0.25) is 0 Å². The van der Waals surface area contributed by atoms with E-state index >= 15 is 0 Å². The van der Waals surface area contributed by atoms with Crippen LogP contribution in [0.15, 0.2) is 0 Å². The van der Waals surface area contributed by atoms with Crippen LogP contribution in [0.25, 0.3) is 0 Å². The fraction of sp³-hybridized carbons (Fsp3) is 0. The second kappa shape index (κ2) is 32.2. The summed E-state index contributed by atoms with van der Waals surface area (Å²) in [6.45, 7) is 0. The van der Waals surface area contributed by atoms with E-state index in [0.717, 1.165) is 0 Å². The summed E-state index contributed by atoms with van der Waals surface area (Å²) in [4.78, 5) is 76.9. The van der Waals surface area contributed by atoms with E-state index in [9.17, 15) is 0 Å². The van der Waals surface area contributed by atoms with Gasteiger partial charge in [0.15, 0.2) is 0 Å². The second-order valence-corrected chi connectivity index (χ2v) is 4.02. The Bertz CT molecular complexity index is 220. The molecule has 0 aromatic heterocycles. The molecule has 22 heavy (non-hydrogen) atoms. The van der Waals surface area contributed by atoms with Crippen molar-refractivity contribution in [1.29, 1.82) is 0 Å². The van der Waals surface area contributed by atoms with Gasteiger partial charge in [0.25, 0.3) is 0 Å². The molecule has 0 bridgehead atoms. The maximum atomic E-state index is 8.55. The van der Waals surface area contributed by atoms with Crippen molar-refractivity contribution >= 4 is 212 Å². The first-order valence-corrected chi connectivity index (χ1v) is 6.57. The van der Waals surface area contributed by atoms with Crippen molar-refractivity contribution in [3.8, 4) is 0 Å². The van der Waals surface area contributed by atoms with Gasteiger partial charge >= 0.3 is 189 Å². The zero-order valence-corrected chi connectivity index (χ0v) is 24.4. The van der Waals surface area contributed by atoms with Crippen LogP contribution >= 0.6 is 23.5 Å². The summed E-state index contributed by atoms with van der Waals surface area (Å²) in [5.41, 5.74) is 0. The van der Waals surface area contributed by atoms with Gasteiger partial charge in [-0.15, -0.1) is 0 Å². The molecule has 0 aromatic carbocycles.